The molecule has 0 saturated carbocycles. The molecular weight excluding hydrogens is 206 g/mol. The molecule has 15 heavy (non-hydrogen) atoms. The number of nitrogens with zero attached hydrogens (tertiary/aromatic N) is 2. The highest BCUT2D eigenvalue weighted by molar-refractivity contribution is 7.99. The zero-order valence-electron chi connectivity index (χ0n) is 8.81. The van der Waals surface area contributed by atoms with Crippen LogP contribution in [0.15, 0.2) is 24.4 Å². The van der Waals surface area contributed by atoms with Gasteiger partial charge in [0.25, 0.3) is 0 Å². The molecular formula is C11H15N3S. The first kappa shape index (κ1) is 10.4. The Kier molecular flexibility index (Phi) is 3.16. The van der Waals surface area contributed by atoms with E-state index in [9.17, 15) is 0 Å². The second-order valence-electron chi connectivity index (χ2n) is 3.38. The number of aryl methyl sites for hydroxylation is 1. The number of rotatable bonds is 4. The number of fused-ring (bicyclic) bond motifs is 1. The molecule has 0 radical (unpaired) electrons. The van der Waals surface area contributed by atoms with Crippen LogP contribution in [0.4, 0.5) is 5.69 Å². The van der Waals surface area contributed by atoms with Gasteiger partial charge in [0.2, 0.25) is 0 Å². The summed E-state index contributed by atoms with van der Waals surface area (Å²) in [4.78, 5) is 0. The molecule has 0 aliphatic heterocycles. The van der Waals surface area contributed by atoms with E-state index < -0.39 is 0 Å². The number of nitrogens with two attached hydrogens (primary N) is 1. The maximum Gasteiger partial charge on any atom is 0.0703 e. The molecule has 2 N–H and O–H groups in total. The van der Waals surface area contributed by atoms with Crippen LogP contribution in [0.25, 0.3) is 10.9 Å². The van der Waals surface area contributed by atoms with E-state index in [1.165, 1.54) is 0 Å². The predicted octanol–water partition coefficient (Wildman–Crippen LogP) is 2.37. The molecule has 2 rings (SSSR count). The topological polar surface area (TPSA) is 43.8 Å². The summed E-state index contributed by atoms with van der Waals surface area (Å²) in [5.74, 6) is 2.25. The van der Waals surface area contributed by atoms with E-state index in [1.807, 2.05) is 40.8 Å². The molecule has 1 aromatic heterocycles. The van der Waals surface area contributed by atoms with Crippen LogP contribution in [0.2, 0.25) is 0 Å². The van der Waals surface area contributed by atoms with E-state index in [2.05, 4.69) is 12.0 Å². The van der Waals surface area contributed by atoms with Crippen molar-refractivity contribution in [1.29, 1.82) is 0 Å². The van der Waals surface area contributed by atoms with Crippen LogP contribution in [-0.4, -0.2) is 21.3 Å². The smallest absolute Gasteiger partial charge is 0.0703 e. The average Bonchev–Trinajstić information content (AvgIpc) is 2.62. The SMILES string of the molecule is CCSCCn1ncc2ccc(N)cc21. The van der Waals surface area contributed by atoms with Gasteiger partial charge in [-0.05, 0) is 24.0 Å². The number of hydrogen-bond acceptors (Lipinski definition) is 3. The van der Waals surface area contributed by atoms with Crippen LogP contribution >= 0.6 is 11.8 Å². The van der Waals surface area contributed by atoms with Crippen molar-refractivity contribution < 1.29 is 0 Å². The molecule has 4 heteroatoms. The van der Waals surface area contributed by atoms with E-state index in [1.54, 1.807) is 0 Å². The van der Waals surface area contributed by atoms with Crippen molar-refractivity contribution in [3.05, 3.63) is 24.4 Å². The van der Waals surface area contributed by atoms with Crippen molar-refractivity contribution >= 4 is 28.4 Å². The van der Waals surface area contributed by atoms with Crippen molar-refractivity contribution in [2.24, 2.45) is 0 Å². The van der Waals surface area contributed by atoms with Gasteiger partial charge in [0, 0.05) is 16.8 Å². The third-order valence-corrected chi connectivity index (χ3v) is 3.20. The Labute approximate surface area is 93.6 Å². The lowest BCUT2D eigenvalue weighted by Gasteiger charge is -2.03. The Morgan fingerprint density at radius 2 is 2.33 bits per heavy atom. The maximum absolute atomic E-state index is 5.76. The lowest BCUT2D eigenvalue weighted by molar-refractivity contribution is 0.691. The summed E-state index contributed by atoms with van der Waals surface area (Å²) >= 11 is 1.93. The second-order valence-corrected chi connectivity index (χ2v) is 4.78. The van der Waals surface area contributed by atoms with Crippen LogP contribution in [0.3, 0.4) is 0 Å². The first-order valence-corrected chi connectivity index (χ1v) is 6.25. The third-order valence-electron chi connectivity index (χ3n) is 2.32. The van der Waals surface area contributed by atoms with Crippen LogP contribution in [0.1, 0.15) is 6.92 Å². The van der Waals surface area contributed by atoms with Crippen LogP contribution < -0.4 is 5.73 Å². The largest absolute Gasteiger partial charge is 0.399 e. The number of benzene rings is 1. The molecule has 0 atom stereocenters. The maximum atomic E-state index is 5.76. The Balaban J connectivity index is 2.23. The lowest BCUT2D eigenvalue weighted by atomic mass is 10.2. The van der Waals surface area contributed by atoms with Crippen molar-refractivity contribution in [3.8, 4) is 0 Å². The fourth-order valence-corrected chi connectivity index (χ4v) is 2.15. The standard InChI is InChI=1S/C11H15N3S/c1-2-15-6-5-14-11-7-10(12)4-3-9(11)8-13-14/h3-4,7-8H,2,5-6,12H2,1H3. The number of nitrogen functional groups attached to an aromatic ring is 1. The molecule has 0 unspecified atom stereocenters. The van der Waals surface area contributed by atoms with E-state index in [4.69, 9.17) is 5.73 Å². The van der Waals surface area contributed by atoms with Gasteiger partial charge in [-0.2, -0.15) is 16.9 Å². The molecule has 80 valence electrons. The quantitative estimate of drug-likeness (QED) is 0.636. The second kappa shape index (κ2) is 4.57. The van der Waals surface area contributed by atoms with Crippen molar-refractivity contribution in [2.75, 3.05) is 17.2 Å². The summed E-state index contributed by atoms with van der Waals surface area (Å²) in [7, 11) is 0. The van der Waals surface area contributed by atoms with Gasteiger partial charge in [-0.15, -0.1) is 0 Å². The molecule has 0 spiro atoms. The first-order chi connectivity index (χ1) is 7.31. The van der Waals surface area contributed by atoms with E-state index in [0.717, 1.165) is 34.6 Å². The fourth-order valence-electron chi connectivity index (χ4n) is 1.56. The summed E-state index contributed by atoms with van der Waals surface area (Å²) in [6, 6.07) is 5.91. The van der Waals surface area contributed by atoms with Gasteiger partial charge < -0.3 is 5.73 Å². The minimum absolute atomic E-state index is 0.799. The summed E-state index contributed by atoms with van der Waals surface area (Å²) in [5, 5.41) is 5.51. The molecule has 0 fully saturated rings. The normalized spacial score (nSPS) is 11.0. The van der Waals surface area contributed by atoms with Gasteiger partial charge in [0.05, 0.1) is 18.3 Å². The van der Waals surface area contributed by atoms with E-state index in [-0.39, 0.29) is 0 Å². The van der Waals surface area contributed by atoms with Gasteiger partial charge in [-0.1, -0.05) is 6.92 Å². The van der Waals surface area contributed by atoms with Gasteiger partial charge in [0.1, 0.15) is 0 Å². The summed E-state index contributed by atoms with van der Waals surface area (Å²) in [5.41, 5.74) is 7.69. The molecule has 0 saturated heterocycles. The zero-order chi connectivity index (χ0) is 10.7. The summed E-state index contributed by atoms with van der Waals surface area (Å²) in [6.07, 6.45) is 1.89. The summed E-state index contributed by atoms with van der Waals surface area (Å²) < 4.78 is 2.02. The minimum atomic E-state index is 0.799. The van der Waals surface area contributed by atoms with E-state index in [0.29, 0.717) is 0 Å². The third kappa shape index (κ3) is 2.26. The Hall–Kier alpha value is -1.16. The van der Waals surface area contributed by atoms with Gasteiger partial charge in [-0.25, -0.2) is 0 Å². The molecule has 0 amide bonds. The number of thioether (sulfide) groups is 1. The Morgan fingerprint density at radius 1 is 1.47 bits per heavy atom. The fraction of sp³-hybridized carbons (Fsp3) is 0.364. The van der Waals surface area contributed by atoms with Gasteiger partial charge >= 0.3 is 0 Å². The minimum Gasteiger partial charge on any atom is -0.399 e. The molecule has 0 bridgehead atoms. The number of anilines is 1. The highest BCUT2D eigenvalue weighted by Crippen LogP contribution is 2.17. The molecule has 3 nitrogen and oxygen atoms in total. The van der Waals surface area contributed by atoms with Crippen molar-refractivity contribution in [3.63, 3.8) is 0 Å². The van der Waals surface area contributed by atoms with Gasteiger partial charge in [-0.3, -0.25) is 4.68 Å². The Morgan fingerprint density at radius 3 is 3.13 bits per heavy atom. The molecule has 1 aromatic carbocycles. The monoisotopic (exact) mass is 221 g/mol. The lowest BCUT2D eigenvalue weighted by Crippen LogP contribution is -2.02. The highest BCUT2D eigenvalue weighted by Gasteiger charge is 2.02. The molecule has 1 heterocycles. The van der Waals surface area contributed by atoms with Gasteiger partial charge in [0.15, 0.2) is 0 Å². The molecule has 0 aliphatic rings. The van der Waals surface area contributed by atoms with Crippen LogP contribution in [-0.2, 0) is 6.54 Å². The Bertz CT molecular complexity index is 450. The first-order valence-electron chi connectivity index (χ1n) is 5.10. The van der Waals surface area contributed by atoms with Crippen molar-refractivity contribution in [2.45, 2.75) is 13.5 Å². The van der Waals surface area contributed by atoms with Crippen LogP contribution in [0, 0.1) is 0 Å². The van der Waals surface area contributed by atoms with Crippen molar-refractivity contribution in [1.82, 2.24) is 9.78 Å². The average molecular weight is 221 g/mol. The number of hydrogen-bond donors (Lipinski definition) is 1. The van der Waals surface area contributed by atoms with E-state index >= 15 is 0 Å². The molecule has 0 aliphatic carbocycles. The highest BCUT2D eigenvalue weighted by atomic mass is 32.2. The van der Waals surface area contributed by atoms with Crippen LogP contribution in [0.5, 0.6) is 0 Å². The molecule has 2 aromatic rings. The summed E-state index contributed by atoms with van der Waals surface area (Å²) in [6.45, 7) is 3.12. The zero-order valence-corrected chi connectivity index (χ0v) is 9.63. The number of aromatic nitrogens is 2. The predicted molar refractivity (Wildman–Crippen MR) is 67.1 cm³/mol.